The number of likely N-dealkylation sites (tertiary alicyclic amines) is 1. The van der Waals surface area contributed by atoms with Gasteiger partial charge in [0.1, 0.15) is 22.5 Å². The van der Waals surface area contributed by atoms with Crippen LogP contribution in [0.15, 0.2) is 29.6 Å². The van der Waals surface area contributed by atoms with Gasteiger partial charge < -0.3 is 35.0 Å². The highest BCUT2D eigenvalue weighted by Gasteiger charge is 2.40. The first-order chi connectivity index (χ1) is 30.8. The Hall–Kier alpha value is -5.43. The van der Waals surface area contributed by atoms with Crippen molar-refractivity contribution in [2.75, 3.05) is 20.3 Å². The molecule has 3 N–H and O–H groups in total. The minimum absolute atomic E-state index is 0.000545. The van der Waals surface area contributed by atoms with Crippen LogP contribution in [0.3, 0.4) is 0 Å². The molecule has 2 aliphatic heterocycles. The zero-order valence-electron chi connectivity index (χ0n) is 38.8. The molecule has 0 bridgehead atoms. The number of hydrogen-bond acceptors (Lipinski definition) is 15. The number of piperidine rings is 1. The van der Waals surface area contributed by atoms with E-state index in [0.717, 1.165) is 36.3 Å². The molecule has 0 aliphatic carbocycles. The number of aromatic nitrogens is 1. The van der Waals surface area contributed by atoms with Crippen LogP contribution in [0.2, 0.25) is 0 Å². The summed E-state index contributed by atoms with van der Waals surface area (Å²) < 4.78 is 11.5. The van der Waals surface area contributed by atoms with Crippen molar-refractivity contribution in [3.05, 3.63) is 45.9 Å². The predicted molar refractivity (Wildman–Crippen MR) is 238 cm³/mol. The van der Waals surface area contributed by atoms with Gasteiger partial charge in [-0.05, 0) is 75.2 Å². The summed E-state index contributed by atoms with van der Waals surface area (Å²) in [6, 6.07) is 3.54. The van der Waals surface area contributed by atoms with Crippen LogP contribution in [0.5, 0.6) is 5.75 Å². The maximum Gasteiger partial charge on any atom is 0.336 e. The highest BCUT2D eigenvalue weighted by molar-refractivity contribution is 7.09. The molecule has 2 aliphatic rings. The van der Waals surface area contributed by atoms with E-state index in [0.29, 0.717) is 24.3 Å². The van der Waals surface area contributed by atoms with Gasteiger partial charge in [0.25, 0.3) is 17.7 Å². The molecular weight excluding hydrogens is 861 g/mol. The molecule has 4 rings (SSSR count). The Balaban J connectivity index is 1.61. The lowest BCUT2D eigenvalue weighted by Crippen LogP contribution is -2.59. The molecular formula is C46H66N6O12S. The fourth-order valence-corrected chi connectivity index (χ4v) is 8.75. The van der Waals surface area contributed by atoms with Gasteiger partial charge in [0, 0.05) is 50.1 Å². The number of carbonyl (C=O) groups is 8. The number of likely N-dealkylation sites (N-methyl/N-ethyl adjacent to an activating group) is 1. The number of aromatic hydroxyl groups is 1. The molecule has 65 heavy (non-hydrogen) atoms. The molecule has 5 amide bonds. The van der Waals surface area contributed by atoms with Gasteiger partial charge in [-0.15, -0.1) is 16.4 Å². The lowest BCUT2D eigenvalue weighted by Gasteiger charge is -2.39. The first-order valence-corrected chi connectivity index (χ1v) is 23.5. The number of hydroxylamine groups is 2. The number of phenolic OH excluding ortho intramolecular Hbond substituents is 1. The number of rotatable bonds is 23. The Morgan fingerprint density at radius 3 is 2.25 bits per heavy atom. The number of benzene rings is 1. The third-order valence-electron chi connectivity index (χ3n) is 11.9. The third kappa shape index (κ3) is 15.1. The van der Waals surface area contributed by atoms with Crippen LogP contribution in [-0.4, -0.2) is 117 Å². The van der Waals surface area contributed by atoms with E-state index in [9.17, 15) is 43.5 Å². The summed E-state index contributed by atoms with van der Waals surface area (Å²) >= 11 is 1.06. The summed E-state index contributed by atoms with van der Waals surface area (Å²) in [7, 11) is 1.89. The van der Waals surface area contributed by atoms with E-state index in [2.05, 4.69) is 15.6 Å². The van der Waals surface area contributed by atoms with E-state index < -0.39 is 84.5 Å². The van der Waals surface area contributed by atoms with Crippen molar-refractivity contribution in [1.29, 1.82) is 0 Å². The summed E-state index contributed by atoms with van der Waals surface area (Å²) in [5.41, 5.74) is 0.708. The highest BCUT2D eigenvalue weighted by Crippen LogP contribution is 2.32. The number of ether oxygens (including phenoxy) is 2. The number of carbonyl (C=O) groups excluding carboxylic acids is 8. The molecule has 0 saturated carbocycles. The van der Waals surface area contributed by atoms with Crippen LogP contribution >= 0.6 is 11.3 Å². The van der Waals surface area contributed by atoms with Crippen LogP contribution in [0.25, 0.3) is 0 Å². The molecule has 2 saturated heterocycles. The van der Waals surface area contributed by atoms with Gasteiger partial charge in [-0.25, -0.2) is 9.78 Å². The van der Waals surface area contributed by atoms with E-state index in [1.807, 2.05) is 46.6 Å². The molecule has 1 unspecified atom stereocenters. The number of nitrogens with one attached hydrogen (secondary N) is 2. The van der Waals surface area contributed by atoms with Gasteiger partial charge in [0.2, 0.25) is 11.8 Å². The van der Waals surface area contributed by atoms with Gasteiger partial charge in [-0.1, -0.05) is 66.5 Å². The third-order valence-corrected chi connectivity index (χ3v) is 12.8. The Bertz CT molecular complexity index is 1980. The molecule has 0 spiro atoms. The molecule has 18 nitrogen and oxygen atoms in total. The molecule has 3 heterocycles. The molecule has 19 heteroatoms. The topological polar surface area (TPSA) is 231 Å². The van der Waals surface area contributed by atoms with Crippen LogP contribution in [0.4, 0.5) is 0 Å². The Labute approximate surface area is 385 Å². The number of amides is 5. The van der Waals surface area contributed by atoms with E-state index in [1.54, 1.807) is 19.1 Å². The summed E-state index contributed by atoms with van der Waals surface area (Å²) in [6.07, 6.45) is 2.82. The van der Waals surface area contributed by atoms with Crippen LogP contribution in [0, 0.1) is 17.8 Å². The first-order valence-electron chi connectivity index (χ1n) is 22.6. The SMILES string of the molecule is CCCC(=O)OCN(C(=O)[C@H](NC(=O)[C@@H]1CCCCN1C)C(C)CC)[C@@H](C[C@H](OC(C)=O)c1nc(C(=O)N[C@H](Cc2ccc(O)cc2)C[C@@H](C)C(=O)ON2C(=O)CCC2=O)cs1)C(C)C. The molecule has 358 valence electrons. The molecule has 1 aromatic carbocycles. The van der Waals surface area contributed by atoms with E-state index >= 15 is 0 Å². The molecule has 2 fully saturated rings. The number of phenols is 1. The van der Waals surface area contributed by atoms with Gasteiger partial charge >= 0.3 is 17.9 Å². The second kappa shape index (κ2) is 24.7. The monoisotopic (exact) mass is 926 g/mol. The first kappa shape index (κ1) is 52.2. The number of esters is 2. The van der Waals surface area contributed by atoms with Crippen molar-refractivity contribution in [2.24, 2.45) is 17.8 Å². The number of hydrogen-bond donors (Lipinski definition) is 3. The highest BCUT2D eigenvalue weighted by atomic mass is 32.1. The lowest BCUT2D eigenvalue weighted by atomic mass is 9.92. The fraction of sp³-hybridized carbons (Fsp3) is 0.630. The Kier molecular flexibility index (Phi) is 19.9. The molecule has 1 aromatic heterocycles. The maximum atomic E-state index is 14.8. The summed E-state index contributed by atoms with van der Waals surface area (Å²) in [6.45, 7) is 12.5. The predicted octanol–water partition coefficient (Wildman–Crippen LogP) is 4.99. The zero-order chi connectivity index (χ0) is 48.0. The minimum Gasteiger partial charge on any atom is -0.508 e. The van der Waals surface area contributed by atoms with Gasteiger partial charge in [-0.2, -0.15) is 0 Å². The maximum absolute atomic E-state index is 14.8. The van der Waals surface area contributed by atoms with Crippen molar-refractivity contribution in [2.45, 2.75) is 149 Å². The average molecular weight is 927 g/mol. The van der Waals surface area contributed by atoms with Crippen LogP contribution in [0.1, 0.15) is 140 Å². The second-order valence-electron chi connectivity index (χ2n) is 17.5. The van der Waals surface area contributed by atoms with Crippen molar-refractivity contribution < 1.29 is 57.8 Å². The zero-order valence-corrected chi connectivity index (χ0v) is 39.6. The Morgan fingerprint density at radius 1 is 0.969 bits per heavy atom. The standard InChI is InChI=1S/C46H66N6O12S/c1-9-13-40(57)62-26-51(45(60)41(28(5)10-2)49-43(59)35-14-11-12-21-50(35)8)36(27(3)4)24-37(63-30(7)53)44-48-34(25-65-44)42(58)47-32(23-31-15-17-33(54)18-16-31)22-29(6)46(61)64-52-38(55)19-20-39(52)56/h15-18,25,27-29,32,35-37,41,54H,9-14,19-24,26H2,1-8H3,(H,47,58)(H,49,59)/t28?,29-,32+,35+,36+,37+,41-/m1/s1. The van der Waals surface area contributed by atoms with Crippen molar-refractivity contribution >= 4 is 58.8 Å². The largest absolute Gasteiger partial charge is 0.508 e. The second-order valence-corrected chi connectivity index (χ2v) is 18.3. The average Bonchev–Trinajstić information content (AvgIpc) is 3.88. The fourth-order valence-electron chi connectivity index (χ4n) is 7.91. The minimum atomic E-state index is -1.06. The summed E-state index contributed by atoms with van der Waals surface area (Å²) in [5, 5.41) is 18.0. The van der Waals surface area contributed by atoms with E-state index in [4.69, 9.17) is 14.3 Å². The summed E-state index contributed by atoms with van der Waals surface area (Å²) in [4.78, 5) is 118. The van der Waals surface area contributed by atoms with Crippen molar-refractivity contribution in [1.82, 2.24) is 30.5 Å². The normalized spacial score (nSPS) is 18.2. The molecule has 0 radical (unpaired) electrons. The quantitative estimate of drug-likeness (QED) is 0.0758. The molecule has 2 aromatic rings. The van der Waals surface area contributed by atoms with E-state index in [1.165, 1.54) is 29.3 Å². The lowest BCUT2D eigenvalue weighted by molar-refractivity contribution is -0.200. The summed E-state index contributed by atoms with van der Waals surface area (Å²) in [5.74, 6) is -5.95. The van der Waals surface area contributed by atoms with Gasteiger partial charge in [0.15, 0.2) is 12.8 Å². The Morgan fingerprint density at radius 2 is 1.65 bits per heavy atom. The number of imide groups is 1. The number of nitrogens with zero attached hydrogens (tertiary/aromatic N) is 4. The van der Waals surface area contributed by atoms with Crippen LogP contribution in [-0.2, 0) is 54.3 Å². The molecule has 7 atom stereocenters. The number of thiazole rings is 1. The van der Waals surface area contributed by atoms with Crippen molar-refractivity contribution in [3.8, 4) is 5.75 Å². The van der Waals surface area contributed by atoms with Gasteiger partial charge in [0.05, 0.1) is 12.0 Å². The van der Waals surface area contributed by atoms with E-state index in [-0.39, 0.29) is 72.7 Å². The van der Waals surface area contributed by atoms with Crippen molar-refractivity contribution in [3.63, 3.8) is 0 Å². The smallest absolute Gasteiger partial charge is 0.336 e. The van der Waals surface area contributed by atoms with Gasteiger partial charge in [-0.3, -0.25) is 38.5 Å². The van der Waals surface area contributed by atoms with Crippen LogP contribution < -0.4 is 10.6 Å².